The monoisotopic (exact) mass is 193 g/mol. The number of nitrogens with two attached hydrogens (primary N) is 1. The van der Waals surface area contributed by atoms with Crippen LogP contribution in [-0.4, -0.2) is 0 Å². The van der Waals surface area contributed by atoms with E-state index in [1.165, 1.54) is 18.4 Å². The Bertz CT molecular complexity index is 221. The first-order chi connectivity index (χ1) is 6.61. The molecule has 0 aliphatic heterocycles. The van der Waals surface area contributed by atoms with E-state index in [4.69, 9.17) is 5.73 Å². The number of unbranched alkanes of at least 4 members (excludes halogenated alkanes) is 1. The smallest absolute Gasteiger partial charge is 0.0314 e. The third-order valence-electron chi connectivity index (χ3n) is 2.10. The minimum absolute atomic E-state index is 0.598. The van der Waals surface area contributed by atoms with Crippen molar-refractivity contribution in [1.29, 1.82) is 0 Å². The van der Waals surface area contributed by atoms with Gasteiger partial charge in [-0.3, -0.25) is 0 Å². The van der Waals surface area contributed by atoms with E-state index < -0.39 is 0 Å². The van der Waals surface area contributed by atoms with Crippen molar-refractivity contribution < 1.29 is 0 Å². The van der Waals surface area contributed by atoms with Gasteiger partial charge in [0.25, 0.3) is 0 Å². The van der Waals surface area contributed by atoms with Gasteiger partial charge in [0, 0.05) is 5.69 Å². The van der Waals surface area contributed by atoms with E-state index >= 15 is 0 Å². The molecule has 1 rings (SSSR count). The fourth-order valence-electron chi connectivity index (χ4n) is 0.881. The molecule has 0 fully saturated rings. The fourth-order valence-corrected chi connectivity index (χ4v) is 0.881. The lowest BCUT2D eigenvalue weighted by molar-refractivity contribution is 0.867. The van der Waals surface area contributed by atoms with Crippen LogP contribution in [-0.2, 0) is 0 Å². The van der Waals surface area contributed by atoms with Crippen LogP contribution >= 0.6 is 0 Å². The van der Waals surface area contributed by atoms with Crippen LogP contribution in [0.15, 0.2) is 24.3 Å². The number of hydrogen-bond acceptors (Lipinski definition) is 1. The van der Waals surface area contributed by atoms with Gasteiger partial charge in [0.1, 0.15) is 0 Å². The van der Waals surface area contributed by atoms with Gasteiger partial charge in [-0.1, -0.05) is 52.7 Å². The van der Waals surface area contributed by atoms with Crippen LogP contribution in [0.25, 0.3) is 0 Å². The van der Waals surface area contributed by atoms with Gasteiger partial charge in [-0.25, -0.2) is 0 Å². The van der Waals surface area contributed by atoms with E-state index in [0.29, 0.717) is 5.92 Å². The first kappa shape index (κ1) is 13.0. The molecule has 0 unspecified atom stereocenters. The van der Waals surface area contributed by atoms with Gasteiger partial charge in [0.2, 0.25) is 0 Å². The molecule has 0 aromatic heterocycles. The van der Waals surface area contributed by atoms with Gasteiger partial charge >= 0.3 is 0 Å². The minimum Gasteiger partial charge on any atom is -0.399 e. The second kappa shape index (κ2) is 7.43. The number of benzene rings is 1. The Balaban J connectivity index is 0.000000364. The highest BCUT2D eigenvalue weighted by atomic mass is 14.5. The zero-order valence-electron chi connectivity index (χ0n) is 9.88. The summed E-state index contributed by atoms with van der Waals surface area (Å²) in [7, 11) is 0. The van der Waals surface area contributed by atoms with Gasteiger partial charge in [0.05, 0.1) is 0 Å². The Kier molecular flexibility index (Phi) is 6.91. The van der Waals surface area contributed by atoms with Crippen molar-refractivity contribution >= 4 is 5.69 Å². The van der Waals surface area contributed by atoms with E-state index in [2.05, 4.69) is 39.8 Å². The quantitative estimate of drug-likeness (QED) is 0.700. The van der Waals surface area contributed by atoms with Crippen LogP contribution in [0.1, 0.15) is 52.0 Å². The summed E-state index contributed by atoms with van der Waals surface area (Å²) in [5, 5.41) is 0. The van der Waals surface area contributed by atoms with E-state index in [1.54, 1.807) is 0 Å². The molecule has 1 aromatic rings. The third kappa shape index (κ3) is 5.63. The molecule has 0 aliphatic rings. The van der Waals surface area contributed by atoms with Crippen LogP contribution in [0.4, 0.5) is 5.69 Å². The van der Waals surface area contributed by atoms with Gasteiger partial charge in [-0.2, -0.15) is 0 Å². The number of rotatable bonds is 2. The average Bonchev–Trinajstić information content (AvgIpc) is 2.19. The van der Waals surface area contributed by atoms with Crippen LogP contribution in [0.5, 0.6) is 0 Å². The summed E-state index contributed by atoms with van der Waals surface area (Å²) in [5.41, 5.74) is 7.71. The highest BCUT2D eigenvalue weighted by Gasteiger charge is 1.95. The van der Waals surface area contributed by atoms with Gasteiger partial charge in [0.15, 0.2) is 0 Å². The van der Waals surface area contributed by atoms with Crippen molar-refractivity contribution in [2.75, 3.05) is 5.73 Å². The van der Waals surface area contributed by atoms with Crippen molar-refractivity contribution in [3.05, 3.63) is 29.8 Å². The molecule has 0 atom stereocenters. The third-order valence-corrected chi connectivity index (χ3v) is 2.10. The molecule has 0 amide bonds. The zero-order valence-corrected chi connectivity index (χ0v) is 9.88. The highest BCUT2D eigenvalue weighted by Crippen LogP contribution is 2.14. The standard InChI is InChI=1S/C9H13N.C4H10/c1-7(2)8-3-5-9(10)6-4-8;1-3-4-2/h3-7H,10H2,1-2H3;3-4H2,1-2H3. The van der Waals surface area contributed by atoms with Crippen LogP contribution < -0.4 is 5.73 Å². The van der Waals surface area contributed by atoms with Crippen LogP contribution in [0, 0.1) is 0 Å². The Labute approximate surface area is 88.3 Å². The minimum atomic E-state index is 0.598. The van der Waals surface area contributed by atoms with Gasteiger partial charge < -0.3 is 5.73 Å². The first-order valence-electron chi connectivity index (χ1n) is 5.47. The molecule has 1 aromatic carbocycles. The molecule has 0 heterocycles. The Hall–Kier alpha value is -0.980. The van der Waals surface area contributed by atoms with Crippen molar-refractivity contribution in [2.24, 2.45) is 0 Å². The summed E-state index contributed by atoms with van der Waals surface area (Å²) in [4.78, 5) is 0. The van der Waals surface area contributed by atoms with E-state index in [-0.39, 0.29) is 0 Å². The summed E-state index contributed by atoms with van der Waals surface area (Å²) in [5.74, 6) is 0.598. The molecule has 0 spiro atoms. The normalized spacial score (nSPS) is 9.50. The van der Waals surface area contributed by atoms with Crippen molar-refractivity contribution in [3.63, 3.8) is 0 Å². The maximum atomic E-state index is 5.53. The summed E-state index contributed by atoms with van der Waals surface area (Å²) in [6, 6.07) is 8.02. The summed E-state index contributed by atoms with van der Waals surface area (Å²) in [6.45, 7) is 8.71. The number of nitrogen functional groups attached to an aromatic ring is 1. The lowest BCUT2D eigenvalue weighted by Gasteiger charge is -2.03. The Morgan fingerprint density at radius 1 is 1.00 bits per heavy atom. The Morgan fingerprint density at radius 2 is 1.43 bits per heavy atom. The van der Waals surface area contributed by atoms with E-state index in [9.17, 15) is 0 Å². The SMILES string of the molecule is CC(C)c1ccc(N)cc1.CCCC. The number of anilines is 1. The topological polar surface area (TPSA) is 26.0 Å². The molecule has 0 saturated carbocycles. The first-order valence-corrected chi connectivity index (χ1v) is 5.47. The van der Waals surface area contributed by atoms with Crippen molar-refractivity contribution in [2.45, 2.75) is 46.5 Å². The second-order valence-corrected chi connectivity index (χ2v) is 3.82. The lowest BCUT2D eigenvalue weighted by Crippen LogP contribution is -1.88. The lowest BCUT2D eigenvalue weighted by atomic mass is 10.0. The van der Waals surface area contributed by atoms with Crippen molar-refractivity contribution in [1.82, 2.24) is 0 Å². The molecule has 1 nitrogen and oxygen atoms in total. The number of hydrogen-bond donors (Lipinski definition) is 1. The van der Waals surface area contributed by atoms with Crippen LogP contribution in [0.3, 0.4) is 0 Å². The largest absolute Gasteiger partial charge is 0.399 e. The molecule has 80 valence electrons. The summed E-state index contributed by atoms with van der Waals surface area (Å²) >= 11 is 0. The summed E-state index contributed by atoms with van der Waals surface area (Å²) in [6.07, 6.45) is 2.64. The maximum absolute atomic E-state index is 5.53. The molecule has 0 radical (unpaired) electrons. The molecular weight excluding hydrogens is 170 g/mol. The molecule has 0 aliphatic carbocycles. The Morgan fingerprint density at radius 3 is 1.71 bits per heavy atom. The zero-order chi connectivity index (χ0) is 11.0. The highest BCUT2D eigenvalue weighted by molar-refractivity contribution is 5.39. The molecule has 1 heteroatoms. The van der Waals surface area contributed by atoms with E-state index in [1.807, 2.05) is 12.1 Å². The average molecular weight is 193 g/mol. The van der Waals surface area contributed by atoms with E-state index in [0.717, 1.165) is 5.69 Å². The maximum Gasteiger partial charge on any atom is 0.0314 e. The fraction of sp³-hybridized carbons (Fsp3) is 0.538. The molecule has 0 saturated heterocycles. The predicted octanol–water partition coefficient (Wildman–Crippen LogP) is 4.20. The molecule has 14 heavy (non-hydrogen) atoms. The summed E-state index contributed by atoms with van der Waals surface area (Å²) < 4.78 is 0. The second-order valence-electron chi connectivity index (χ2n) is 3.82. The van der Waals surface area contributed by atoms with Gasteiger partial charge in [-0.05, 0) is 23.6 Å². The van der Waals surface area contributed by atoms with Crippen molar-refractivity contribution in [3.8, 4) is 0 Å². The van der Waals surface area contributed by atoms with Gasteiger partial charge in [-0.15, -0.1) is 0 Å². The van der Waals surface area contributed by atoms with Crippen LogP contribution in [0.2, 0.25) is 0 Å². The molecular formula is C13H23N. The molecule has 0 bridgehead atoms. The molecule has 2 N–H and O–H groups in total. The predicted molar refractivity (Wildman–Crippen MR) is 65.5 cm³/mol.